The third kappa shape index (κ3) is 8.59. The normalized spacial score (nSPS) is 26.9. The number of likely N-dealkylation sites (tertiary alicyclic amines) is 1. The maximum absolute atomic E-state index is 15.2. The third-order valence-corrected chi connectivity index (χ3v) is 12.5. The molecule has 3 aliphatic carbocycles. The van der Waals surface area contributed by atoms with Crippen LogP contribution in [-0.4, -0.2) is 69.8 Å². The molecule has 0 spiro atoms. The van der Waals surface area contributed by atoms with Crippen LogP contribution in [0.3, 0.4) is 0 Å². The largest absolute Gasteiger partial charge is 0.374 e. The highest BCUT2D eigenvalue weighted by Gasteiger charge is 2.33. The number of hydrogen-bond donors (Lipinski definition) is 4. The number of nitrogens with zero attached hydrogens (tertiary/aromatic N) is 3. The Morgan fingerprint density at radius 2 is 1.54 bits per heavy atom. The molecule has 0 bridgehead atoms. The van der Waals surface area contributed by atoms with Gasteiger partial charge < -0.3 is 20.9 Å². The number of imide groups is 1. The van der Waals surface area contributed by atoms with Crippen molar-refractivity contribution in [1.29, 1.82) is 0 Å². The van der Waals surface area contributed by atoms with Gasteiger partial charge in [0, 0.05) is 41.7 Å². The molecule has 12 heteroatoms. The van der Waals surface area contributed by atoms with Crippen LogP contribution >= 0.6 is 0 Å². The molecule has 286 valence electrons. The first kappa shape index (κ1) is 36.5. The van der Waals surface area contributed by atoms with E-state index in [1.54, 1.807) is 0 Å². The molecule has 0 radical (unpaired) electrons. The standard InChI is InChI=1S/C42H51F2N7O3/c43-35-23-32(46-37-16-17-38(52)49-41(37)54)12-15-34(35)26-18-20-51(21-19-26)33-13-10-30(11-14-33)47-40(53)27-6-8-31(9-7-27)48-42-45-24-36(44)39(50-42)29-3-1-2-28(22-29)25-4-5-25/h1-3,12,15,22-27,30-31,33,37,46H,4-11,13-14,16-21H2,(H,47,53)(H,45,48,50)(H,49,52,54)/t27-,30-,31-,33-,37?. The third-order valence-electron chi connectivity index (χ3n) is 12.5. The van der Waals surface area contributed by atoms with Crippen LogP contribution in [0.1, 0.15) is 113 Å². The molecule has 8 rings (SSSR count). The summed E-state index contributed by atoms with van der Waals surface area (Å²) in [6, 6.07) is 13.5. The number of nitrogens with one attached hydrogen (secondary N) is 4. The second kappa shape index (κ2) is 16.1. The Bertz CT molecular complexity index is 1850. The van der Waals surface area contributed by atoms with E-state index in [1.165, 1.54) is 30.7 Å². The van der Waals surface area contributed by atoms with Crippen molar-refractivity contribution in [1.82, 2.24) is 25.5 Å². The van der Waals surface area contributed by atoms with E-state index in [4.69, 9.17) is 0 Å². The molecule has 2 saturated heterocycles. The van der Waals surface area contributed by atoms with Gasteiger partial charge in [0.05, 0.1) is 6.20 Å². The van der Waals surface area contributed by atoms with E-state index in [0.717, 1.165) is 88.4 Å². The van der Waals surface area contributed by atoms with Gasteiger partial charge in [-0.15, -0.1) is 0 Å². The lowest BCUT2D eigenvalue weighted by Gasteiger charge is -2.41. The van der Waals surface area contributed by atoms with E-state index >= 15 is 4.39 Å². The Morgan fingerprint density at radius 1 is 0.778 bits per heavy atom. The zero-order valence-corrected chi connectivity index (χ0v) is 30.8. The van der Waals surface area contributed by atoms with Gasteiger partial charge in [-0.25, -0.2) is 18.7 Å². The lowest BCUT2D eigenvalue weighted by molar-refractivity contribution is -0.133. The van der Waals surface area contributed by atoms with Gasteiger partial charge in [-0.3, -0.25) is 19.7 Å². The molecule has 3 aromatic rings. The number of hydrogen-bond acceptors (Lipinski definition) is 8. The Hall–Kier alpha value is -4.45. The summed E-state index contributed by atoms with van der Waals surface area (Å²) in [4.78, 5) is 48.2. The van der Waals surface area contributed by atoms with Crippen LogP contribution in [0.25, 0.3) is 11.3 Å². The SMILES string of the molecule is O=C1CCC(Nc2ccc(C3CCN([C@H]4CC[C@H](NC(=O)[C@H]5CC[C@H](Nc6ncc(F)c(-c7cccc(C8CC8)c7)n6)CC5)CC4)CC3)c(F)c2)C(=O)N1. The van der Waals surface area contributed by atoms with E-state index in [-0.39, 0.29) is 53.9 Å². The number of halogens is 2. The van der Waals surface area contributed by atoms with Crippen LogP contribution < -0.4 is 21.3 Å². The van der Waals surface area contributed by atoms with Gasteiger partial charge in [0.15, 0.2) is 5.82 Å². The number of amides is 3. The molecular formula is C42H51F2N7O3. The molecule has 2 aliphatic heterocycles. The lowest BCUT2D eigenvalue weighted by Crippen LogP contribution is -2.47. The van der Waals surface area contributed by atoms with E-state index in [1.807, 2.05) is 30.3 Å². The molecular weight excluding hydrogens is 689 g/mol. The van der Waals surface area contributed by atoms with Crippen molar-refractivity contribution in [2.75, 3.05) is 23.7 Å². The van der Waals surface area contributed by atoms with E-state index < -0.39 is 11.9 Å². The minimum absolute atomic E-state index is 0.00247. The van der Waals surface area contributed by atoms with Crippen LogP contribution in [0, 0.1) is 17.6 Å². The number of piperidine rings is 2. The van der Waals surface area contributed by atoms with Crippen LogP contribution in [0.15, 0.2) is 48.7 Å². The fourth-order valence-corrected chi connectivity index (χ4v) is 9.14. The summed E-state index contributed by atoms with van der Waals surface area (Å²) < 4.78 is 30.0. The van der Waals surface area contributed by atoms with Crippen LogP contribution in [-0.2, 0) is 14.4 Å². The molecule has 3 amide bonds. The van der Waals surface area contributed by atoms with Crippen LogP contribution in [0.5, 0.6) is 0 Å². The minimum atomic E-state index is -0.539. The van der Waals surface area contributed by atoms with Gasteiger partial charge in [0.2, 0.25) is 23.7 Å². The predicted molar refractivity (Wildman–Crippen MR) is 203 cm³/mol. The summed E-state index contributed by atoms with van der Waals surface area (Å²) in [6.45, 7) is 1.86. The predicted octanol–water partition coefficient (Wildman–Crippen LogP) is 6.79. The number of aromatic nitrogens is 2. The highest BCUT2D eigenvalue weighted by molar-refractivity contribution is 6.01. The quantitative estimate of drug-likeness (QED) is 0.168. The van der Waals surface area contributed by atoms with Crippen molar-refractivity contribution in [2.24, 2.45) is 5.92 Å². The van der Waals surface area contributed by atoms with Gasteiger partial charge in [-0.1, -0.05) is 24.3 Å². The first-order chi connectivity index (χ1) is 26.3. The second-order valence-corrected chi connectivity index (χ2v) is 16.2. The summed E-state index contributed by atoms with van der Waals surface area (Å²) in [5.41, 5.74) is 3.61. The van der Waals surface area contributed by atoms with Crippen LogP contribution in [0.4, 0.5) is 20.4 Å². The van der Waals surface area contributed by atoms with Crippen molar-refractivity contribution < 1.29 is 23.2 Å². The summed E-state index contributed by atoms with van der Waals surface area (Å²) in [5, 5.41) is 12.2. The van der Waals surface area contributed by atoms with E-state index in [9.17, 15) is 18.8 Å². The maximum atomic E-state index is 15.2. The minimum Gasteiger partial charge on any atom is -0.374 e. The molecule has 1 aromatic heterocycles. The van der Waals surface area contributed by atoms with Gasteiger partial charge in [-0.05, 0) is 138 Å². The van der Waals surface area contributed by atoms with Gasteiger partial charge in [0.25, 0.3) is 0 Å². The van der Waals surface area contributed by atoms with E-state index in [2.05, 4.69) is 42.2 Å². The first-order valence-electron chi connectivity index (χ1n) is 20.1. The summed E-state index contributed by atoms with van der Waals surface area (Å²) in [7, 11) is 0. The monoisotopic (exact) mass is 739 g/mol. The molecule has 2 aromatic carbocycles. The van der Waals surface area contributed by atoms with Crippen molar-refractivity contribution in [3.05, 3.63) is 71.4 Å². The number of carbonyl (C=O) groups is 3. The highest BCUT2D eigenvalue weighted by Crippen LogP contribution is 2.41. The Balaban J connectivity index is 0.748. The van der Waals surface area contributed by atoms with Crippen molar-refractivity contribution in [2.45, 2.75) is 126 Å². The summed E-state index contributed by atoms with van der Waals surface area (Å²) in [5.74, 6) is -0.000445. The second-order valence-electron chi connectivity index (χ2n) is 16.2. The molecule has 54 heavy (non-hydrogen) atoms. The molecule has 10 nitrogen and oxygen atoms in total. The fourth-order valence-electron chi connectivity index (χ4n) is 9.14. The first-order valence-corrected chi connectivity index (χ1v) is 20.1. The molecule has 3 heterocycles. The van der Waals surface area contributed by atoms with Gasteiger partial charge in [-0.2, -0.15) is 0 Å². The van der Waals surface area contributed by atoms with Crippen LogP contribution in [0.2, 0.25) is 0 Å². The average molecular weight is 740 g/mol. The van der Waals surface area contributed by atoms with Crippen molar-refractivity contribution >= 4 is 29.4 Å². The zero-order valence-electron chi connectivity index (χ0n) is 30.8. The molecule has 5 fully saturated rings. The Labute approximate surface area is 315 Å². The summed E-state index contributed by atoms with van der Waals surface area (Å²) in [6.07, 6.45) is 13.4. The Morgan fingerprint density at radius 3 is 2.26 bits per heavy atom. The van der Waals surface area contributed by atoms with E-state index in [0.29, 0.717) is 35.7 Å². The number of benzene rings is 2. The molecule has 1 atom stereocenters. The lowest BCUT2D eigenvalue weighted by atomic mass is 9.83. The number of carbonyl (C=O) groups excluding carboxylic acids is 3. The van der Waals surface area contributed by atoms with Gasteiger partial charge in [0.1, 0.15) is 17.6 Å². The van der Waals surface area contributed by atoms with Gasteiger partial charge >= 0.3 is 0 Å². The van der Waals surface area contributed by atoms with Crippen molar-refractivity contribution in [3.8, 4) is 11.3 Å². The molecule has 5 aliphatic rings. The fraction of sp³-hybridized carbons (Fsp3) is 0.548. The summed E-state index contributed by atoms with van der Waals surface area (Å²) >= 11 is 0. The Kier molecular flexibility index (Phi) is 10.9. The zero-order chi connectivity index (χ0) is 37.2. The van der Waals surface area contributed by atoms with Crippen molar-refractivity contribution in [3.63, 3.8) is 0 Å². The number of anilines is 2. The topological polar surface area (TPSA) is 128 Å². The highest BCUT2D eigenvalue weighted by atomic mass is 19.1. The molecule has 4 N–H and O–H groups in total. The molecule has 1 unspecified atom stereocenters. The maximum Gasteiger partial charge on any atom is 0.249 e. The average Bonchev–Trinajstić information content (AvgIpc) is 4.04. The molecule has 3 saturated carbocycles. The smallest absolute Gasteiger partial charge is 0.249 e. The number of rotatable bonds is 10.